The summed E-state index contributed by atoms with van der Waals surface area (Å²) in [5.74, 6) is -1.09. The average Bonchev–Trinajstić information content (AvgIpc) is 3.11. The fourth-order valence-electron chi connectivity index (χ4n) is 2.87. The minimum atomic E-state index is -0.766. The van der Waals surface area contributed by atoms with E-state index in [-0.39, 0.29) is 11.9 Å². The van der Waals surface area contributed by atoms with Crippen LogP contribution in [0.25, 0.3) is 10.6 Å². The van der Waals surface area contributed by atoms with Crippen molar-refractivity contribution in [3.8, 4) is 10.6 Å². The van der Waals surface area contributed by atoms with Crippen LogP contribution in [0.2, 0.25) is 0 Å². The highest BCUT2D eigenvalue weighted by Gasteiger charge is 2.26. The standard InChI is InChI=1S/C18H21N3O3S/c22-17(23)14-7-10-21(11-8-14)18(24)19-9-6-15-12-25-16(20-15)13-4-2-1-3-5-13/h1-5,12,14H,6-11H2,(H,19,24)(H,22,23). The number of carbonyl (C=O) groups excluding carboxylic acids is 1. The predicted octanol–water partition coefficient (Wildman–Crippen LogP) is 2.86. The largest absolute Gasteiger partial charge is 0.481 e. The van der Waals surface area contributed by atoms with Gasteiger partial charge in [-0.3, -0.25) is 4.79 Å². The number of hydrogen-bond donors (Lipinski definition) is 2. The summed E-state index contributed by atoms with van der Waals surface area (Å²) < 4.78 is 0. The smallest absolute Gasteiger partial charge is 0.317 e. The Kier molecular flexibility index (Phi) is 5.65. The van der Waals surface area contributed by atoms with E-state index in [2.05, 4.69) is 10.3 Å². The number of aromatic nitrogens is 1. The van der Waals surface area contributed by atoms with Gasteiger partial charge in [0, 0.05) is 37.0 Å². The Morgan fingerprint density at radius 1 is 1.24 bits per heavy atom. The molecule has 0 spiro atoms. The van der Waals surface area contributed by atoms with Crippen LogP contribution in [0.3, 0.4) is 0 Å². The molecule has 0 aliphatic carbocycles. The van der Waals surface area contributed by atoms with E-state index >= 15 is 0 Å². The molecule has 1 fully saturated rings. The lowest BCUT2D eigenvalue weighted by atomic mass is 9.97. The first-order chi connectivity index (χ1) is 12.1. The summed E-state index contributed by atoms with van der Waals surface area (Å²) in [5, 5.41) is 14.9. The molecule has 2 heterocycles. The van der Waals surface area contributed by atoms with E-state index < -0.39 is 5.97 Å². The molecule has 0 unspecified atom stereocenters. The van der Waals surface area contributed by atoms with Crippen LogP contribution in [-0.4, -0.2) is 46.6 Å². The van der Waals surface area contributed by atoms with Crippen LogP contribution in [0.5, 0.6) is 0 Å². The number of carboxylic acids is 1. The van der Waals surface area contributed by atoms with E-state index in [9.17, 15) is 9.59 Å². The molecule has 1 aliphatic heterocycles. The third-order valence-corrected chi connectivity index (χ3v) is 5.30. The third-order valence-electron chi connectivity index (χ3n) is 4.36. The number of amides is 2. The van der Waals surface area contributed by atoms with Gasteiger partial charge in [0.15, 0.2) is 0 Å². The number of benzene rings is 1. The van der Waals surface area contributed by atoms with Crippen molar-refractivity contribution in [2.45, 2.75) is 19.3 Å². The maximum absolute atomic E-state index is 12.1. The van der Waals surface area contributed by atoms with Gasteiger partial charge >= 0.3 is 12.0 Å². The molecule has 7 heteroatoms. The molecule has 1 saturated heterocycles. The van der Waals surface area contributed by atoms with Gasteiger partial charge in [0.25, 0.3) is 0 Å². The Balaban J connectivity index is 1.43. The van der Waals surface area contributed by atoms with Gasteiger partial charge in [-0.15, -0.1) is 11.3 Å². The van der Waals surface area contributed by atoms with Crippen LogP contribution in [0.15, 0.2) is 35.7 Å². The van der Waals surface area contributed by atoms with Gasteiger partial charge in [-0.25, -0.2) is 9.78 Å². The van der Waals surface area contributed by atoms with E-state index in [1.54, 1.807) is 16.2 Å². The molecule has 6 nitrogen and oxygen atoms in total. The normalized spacial score (nSPS) is 15.1. The molecular weight excluding hydrogens is 338 g/mol. The number of piperidine rings is 1. The van der Waals surface area contributed by atoms with Crippen LogP contribution in [0.4, 0.5) is 4.79 Å². The number of aliphatic carboxylic acids is 1. The van der Waals surface area contributed by atoms with Crippen LogP contribution >= 0.6 is 11.3 Å². The van der Waals surface area contributed by atoms with Crippen molar-refractivity contribution in [2.24, 2.45) is 5.92 Å². The van der Waals surface area contributed by atoms with E-state index in [1.807, 2.05) is 35.7 Å². The van der Waals surface area contributed by atoms with Gasteiger partial charge < -0.3 is 15.3 Å². The van der Waals surface area contributed by atoms with Crippen LogP contribution in [0.1, 0.15) is 18.5 Å². The molecule has 0 radical (unpaired) electrons. The number of carbonyl (C=O) groups is 2. The molecule has 3 rings (SSSR count). The summed E-state index contributed by atoms with van der Waals surface area (Å²) in [4.78, 5) is 29.4. The number of likely N-dealkylation sites (tertiary alicyclic amines) is 1. The second kappa shape index (κ2) is 8.11. The van der Waals surface area contributed by atoms with Crippen molar-refractivity contribution in [3.63, 3.8) is 0 Å². The fraction of sp³-hybridized carbons (Fsp3) is 0.389. The zero-order valence-corrected chi connectivity index (χ0v) is 14.7. The second-order valence-electron chi connectivity index (χ2n) is 6.09. The Morgan fingerprint density at radius 3 is 2.64 bits per heavy atom. The number of nitrogens with zero attached hydrogens (tertiary/aromatic N) is 2. The number of rotatable bonds is 5. The second-order valence-corrected chi connectivity index (χ2v) is 6.95. The zero-order chi connectivity index (χ0) is 17.6. The fourth-order valence-corrected chi connectivity index (χ4v) is 3.73. The van der Waals surface area contributed by atoms with Crippen molar-refractivity contribution >= 4 is 23.3 Å². The highest BCUT2D eigenvalue weighted by molar-refractivity contribution is 7.13. The first-order valence-electron chi connectivity index (χ1n) is 8.39. The topological polar surface area (TPSA) is 82.5 Å². The number of thiazole rings is 1. The molecule has 2 amide bonds. The van der Waals surface area contributed by atoms with Gasteiger partial charge in [0.05, 0.1) is 11.6 Å². The molecule has 0 atom stereocenters. The zero-order valence-electron chi connectivity index (χ0n) is 13.9. The van der Waals surface area contributed by atoms with Gasteiger partial charge in [0.1, 0.15) is 5.01 Å². The molecular formula is C18H21N3O3S. The maximum atomic E-state index is 12.1. The minimum absolute atomic E-state index is 0.123. The molecule has 1 aromatic heterocycles. The number of carboxylic acid groups (broad SMARTS) is 1. The number of urea groups is 1. The SMILES string of the molecule is O=C(O)C1CCN(C(=O)NCCc2csc(-c3ccccc3)n2)CC1. The summed E-state index contributed by atoms with van der Waals surface area (Å²) in [6.45, 7) is 1.52. The Morgan fingerprint density at radius 2 is 1.96 bits per heavy atom. The summed E-state index contributed by atoms with van der Waals surface area (Å²) >= 11 is 1.60. The molecule has 0 saturated carbocycles. The van der Waals surface area contributed by atoms with Gasteiger partial charge in [-0.2, -0.15) is 0 Å². The lowest BCUT2D eigenvalue weighted by Crippen LogP contribution is -2.45. The Bertz CT molecular complexity index is 724. The van der Waals surface area contributed by atoms with Crippen LogP contribution in [-0.2, 0) is 11.2 Å². The highest BCUT2D eigenvalue weighted by Crippen LogP contribution is 2.23. The van der Waals surface area contributed by atoms with E-state index in [1.165, 1.54) is 0 Å². The minimum Gasteiger partial charge on any atom is -0.481 e. The van der Waals surface area contributed by atoms with Crippen molar-refractivity contribution < 1.29 is 14.7 Å². The number of hydrogen-bond acceptors (Lipinski definition) is 4. The summed E-state index contributed by atoms with van der Waals surface area (Å²) in [5.41, 5.74) is 2.07. The molecule has 2 aromatic rings. The van der Waals surface area contributed by atoms with Crippen LogP contribution < -0.4 is 5.32 Å². The van der Waals surface area contributed by atoms with Gasteiger partial charge in [-0.05, 0) is 12.8 Å². The number of nitrogens with one attached hydrogen (secondary N) is 1. The Hall–Kier alpha value is -2.41. The third kappa shape index (κ3) is 4.57. The molecule has 2 N–H and O–H groups in total. The highest BCUT2D eigenvalue weighted by atomic mass is 32.1. The summed E-state index contributed by atoms with van der Waals surface area (Å²) in [7, 11) is 0. The maximum Gasteiger partial charge on any atom is 0.317 e. The first kappa shape index (κ1) is 17.4. The van der Waals surface area contributed by atoms with Crippen molar-refractivity contribution in [2.75, 3.05) is 19.6 Å². The lowest BCUT2D eigenvalue weighted by molar-refractivity contribution is -0.143. The predicted molar refractivity (Wildman–Crippen MR) is 96.6 cm³/mol. The molecule has 132 valence electrons. The summed E-state index contributed by atoms with van der Waals surface area (Å²) in [6, 6.07) is 9.90. The quantitative estimate of drug-likeness (QED) is 0.860. The van der Waals surface area contributed by atoms with E-state index in [4.69, 9.17) is 5.11 Å². The average molecular weight is 359 g/mol. The van der Waals surface area contributed by atoms with Crippen LogP contribution in [0, 0.1) is 5.92 Å². The molecule has 1 aliphatic rings. The molecule has 1 aromatic carbocycles. The van der Waals surface area contributed by atoms with Crippen molar-refractivity contribution in [1.82, 2.24) is 15.2 Å². The van der Waals surface area contributed by atoms with E-state index in [0.717, 1.165) is 16.3 Å². The van der Waals surface area contributed by atoms with E-state index in [0.29, 0.717) is 38.9 Å². The van der Waals surface area contributed by atoms with Gasteiger partial charge in [-0.1, -0.05) is 30.3 Å². The monoisotopic (exact) mass is 359 g/mol. The Labute approximate surface area is 150 Å². The first-order valence-corrected chi connectivity index (χ1v) is 9.27. The van der Waals surface area contributed by atoms with Crippen molar-refractivity contribution in [1.29, 1.82) is 0 Å². The summed E-state index contributed by atoms with van der Waals surface area (Å²) in [6.07, 6.45) is 1.73. The molecule has 25 heavy (non-hydrogen) atoms. The lowest BCUT2D eigenvalue weighted by Gasteiger charge is -2.30. The molecule has 0 bridgehead atoms. The van der Waals surface area contributed by atoms with Gasteiger partial charge in [0.2, 0.25) is 0 Å². The van der Waals surface area contributed by atoms with Crippen molar-refractivity contribution in [3.05, 3.63) is 41.4 Å².